The first kappa shape index (κ1) is 24.7. The van der Waals surface area contributed by atoms with E-state index in [4.69, 9.17) is 25.8 Å². The number of hydrogen-bond acceptors (Lipinski definition) is 8. The Hall–Kier alpha value is -2.98. The summed E-state index contributed by atoms with van der Waals surface area (Å²) in [6, 6.07) is 4.69. The van der Waals surface area contributed by atoms with Crippen molar-refractivity contribution in [3.8, 4) is 5.88 Å². The van der Waals surface area contributed by atoms with Crippen LogP contribution in [0.3, 0.4) is 0 Å². The number of ether oxygens (including phenoxy) is 3. The number of carbonyl (C=O) groups is 2. The topological polar surface area (TPSA) is 103 Å². The first-order valence-corrected chi connectivity index (χ1v) is 12.4. The fourth-order valence-corrected chi connectivity index (χ4v) is 4.85. The van der Waals surface area contributed by atoms with Gasteiger partial charge in [0.15, 0.2) is 11.6 Å². The molecule has 36 heavy (non-hydrogen) atoms. The predicted octanol–water partition coefficient (Wildman–Crippen LogP) is 4.62. The first-order valence-electron chi connectivity index (χ1n) is 12.0. The van der Waals surface area contributed by atoms with Crippen LogP contribution in [-0.4, -0.2) is 64.8 Å². The molecule has 2 unspecified atom stereocenters. The molecular weight excluding hydrogens is 491 g/mol. The van der Waals surface area contributed by atoms with E-state index < -0.39 is 11.9 Å². The van der Waals surface area contributed by atoms with Crippen LogP contribution in [-0.2, 0) is 9.47 Å². The molecule has 1 amide bonds. The van der Waals surface area contributed by atoms with Crippen molar-refractivity contribution in [2.24, 2.45) is 11.8 Å². The number of carbonyl (C=O) groups excluding carboxylic acids is 2. The summed E-state index contributed by atoms with van der Waals surface area (Å²) in [4.78, 5) is 33.9. The molecule has 0 spiro atoms. The largest absolute Gasteiger partial charge is 0.472 e. The molecule has 2 aromatic rings. The van der Waals surface area contributed by atoms with Gasteiger partial charge in [0.05, 0.1) is 23.9 Å². The summed E-state index contributed by atoms with van der Waals surface area (Å²) in [5.74, 6) is -1.18. The molecule has 11 heteroatoms. The lowest BCUT2D eigenvalue weighted by molar-refractivity contribution is 0.0566. The molecule has 0 radical (unpaired) electrons. The maximum Gasteiger partial charge on any atom is 0.410 e. The van der Waals surface area contributed by atoms with Crippen molar-refractivity contribution in [3.05, 3.63) is 40.9 Å². The number of aromatic nitrogens is 2. The summed E-state index contributed by atoms with van der Waals surface area (Å²) in [6.07, 6.45) is 2.77. The number of ketones is 1. The summed E-state index contributed by atoms with van der Waals surface area (Å²) in [7, 11) is 0. The van der Waals surface area contributed by atoms with E-state index in [0.717, 1.165) is 12.8 Å². The van der Waals surface area contributed by atoms with Crippen LogP contribution in [0.5, 0.6) is 5.88 Å². The number of rotatable bonds is 6. The Balaban J connectivity index is 1.30. The van der Waals surface area contributed by atoms with Crippen molar-refractivity contribution < 1.29 is 28.2 Å². The third-order valence-electron chi connectivity index (χ3n) is 7.04. The zero-order valence-corrected chi connectivity index (χ0v) is 20.9. The van der Waals surface area contributed by atoms with Crippen LogP contribution in [0.1, 0.15) is 43.5 Å². The van der Waals surface area contributed by atoms with E-state index in [9.17, 15) is 9.59 Å². The number of nitrogens with zero attached hydrogens (tertiary/aromatic N) is 3. The van der Waals surface area contributed by atoms with E-state index in [1.165, 1.54) is 19.3 Å². The molecule has 2 aliphatic heterocycles. The van der Waals surface area contributed by atoms with Gasteiger partial charge in [-0.05, 0) is 44.9 Å². The van der Waals surface area contributed by atoms with Crippen LogP contribution >= 0.6 is 11.6 Å². The highest BCUT2D eigenvalue weighted by Gasteiger charge is 2.47. The summed E-state index contributed by atoms with van der Waals surface area (Å²) in [5, 5.41) is 3.10. The highest BCUT2D eigenvalue weighted by Crippen LogP contribution is 2.40. The Kier molecular flexibility index (Phi) is 6.74. The van der Waals surface area contributed by atoms with Crippen LogP contribution in [0.15, 0.2) is 24.5 Å². The molecule has 1 aromatic heterocycles. The molecule has 1 aliphatic carbocycles. The van der Waals surface area contributed by atoms with Gasteiger partial charge < -0.3 is 24.4 Å². The number of hydrogen-bond donors (Lipinski definition) is 1. The highest BCUT2D eigenvalue weighted by atomic mass is 35.5. The van der Waals surface area contributed by atoms with Gasteiger partial charge >= 0.3 is 6.09 Å². The van der Waals surface area contributed by atoms with Gasteiger partial charge in [-0.3, -0.25) is 4.79 Å². The molecule has 1 saturated carbocycles. The minimum Gasteiger partial charge on any atom is -0.472 e. The second kappa shape index (κ2) is 9.82. The Morgan fingerprint density at radius 2 is 2.08 bits per heavy atom. The Labute approximate surface area is 213 Å². The van der Waals surface area contributed by atoms with E-state index in [2.05, 4.69) is 15.3 Å². The maximum absolute atomic E-state index is 15.4. The number of halogens is 2. The number of anilines is 2. The van der Waals surface area contributed by atoms with Crippen molar-refractivity contribution in [2.45, 2.75) is 44.8 Å². The molecular formula is C25H28ClFN4O5. The summed E-state index contributed by atoms with van der Waals surface area (Å²) >= 11 is 6.27. The van der Waals surface area contributed by atoms with Gasteiger partial charge in [-0.1, -0.05) is 11.6 Å². The van der Waals surface area contributed by atoms with Gasteiger partial charge in [0, 0.05) is 36.9 Å². The van der Waals surface area contributed by atoms with E-state index in [0.29, 0.717) is 44.0 Å². The summed E-state index contributed by atoms with van der Waals surface area (Å²) in [5.41, 5.74) is 0.489. The molecule has 1 N–H and O–H groups in total. The SMILES string of the molecule is CC(=O)c1ccc(Nc2ncnc(O[C@H]3CCOCC4CN(C(=O)OC5(C)CC5)CC43)c2F)c(Cl)c1. The molecule has 1 aromatic carbocycles. The molecule has 3 aliphatic rings. The van der Waals surface area contributed by atoms with E-state index >= 15 is 4.39 Å². The predicted molar refractivity (Wildman–Crippen MR) is 129 cm³/mol. The maximum atomic E-state index is 15.4. The number of benzene rings is 1. The molecule has 3 atom stereocenters. The van der Waals surface area contributed by atoms with Crippen molar-refractivity contribution >= 4 is 35.0 Å². The van der Waals surface area contributed by atoms with Crippen molar-refractivity contribution in [1.29, 1.82) is 0 Å². The number of nitrogens with one attached hydrogen (secondary N) is 1. The molecule has 3 fully saturated rings. The van der Waals surface area contributed by atoms with Gasteiger partial charge in [-0.15, -0.1) is 0 Å². The monoisotopic (exact) mass is 518 g/mol. The smallest absolute Gasteiger partial charge is 0.410 e. The molecule has 192 valence electrons. The van der Waals surface area contributed by atoms with Crippen LogP contribution in [0, 0.1) is 17.7 Å². The fraction of sp³-hybridized carbons (Fsp3) is 0.520. The van der Waals surface area contributed by atoms with Crippen molar-refractivity contribution in [1.82, 2.24) is 14.9 Å². The highest BCUT2D eigenvalue weighted by molar-refractivity contribution is 6.33. The summed E-state index contributed by atoms with van der Waals surface area (Å²) < 4.78 is 32.8. The minimum atomic E-state index is -0.762. The third kappa shape index (κ3) is 5.24. The normalized spacial score (nSPS) is 24.4. The van der Waals surface area contributed by atoms with E-state index in [1.807, 2.05) is 6.92 Å². The number of amides is 1. The molecule has 2 saturated heterocycles. The molecule has 0 bridgehead atoms. The quantitative estimate of drug-likeness (QED) is 0.553. The lowest BCUT2D eigenvalue weighted by Gasteiger charge is -2.25. The Morgan fingerprint density at radius 3 is 2.81 bits per heavy atom. The number of Topliss-reactive ketones (excluding diaryl/α,β-unsaturated/α-hetero) is 1. The second-order valence-corrected chi connectivity index (χ2v) is 10.3. The van der Waals surface area contributed by atoms with Crippen LogP contribution < -0.4 is 10.1 Å². The van der Waals surface area contributed by atoms with E-state index in [-0.39, 0.29) is 46.0 Å². The zero-order valence-electron chi connectivity index (χ0n) is 20.1. The Morgan fingerprint density at radius 1 is 1.28 bits per heavy atom. The average Bonchev–Trinajstić information content (AvgIpc) is 3.46. The molecule has 5 rings (SSSR count). The average molecular weight is 519 g/mol. The third-order valence-corrected chi connectivity index (χ3v) is 7.36. The summed E-state index contributed by atoms with van der Waals surface area (Å²) in [6.45, 7) is 5.30. The lowest BCUT2D eigenvalue weighted by atomic mass is 9.90. The standard InChI is InChI=1S/C25H28ClFN4O5/c1-14(32)15-3-4-19(18(26)9-15)30-22-21(27)23(29-13-28-22)35-20-5-8-34-12-16-10-31(11-17(16)20)24(33)36-25(2)6-7-25/h3-4,9,13,16-17,20H,5-8,10-12H2,1-2H3,(H,28,29,30)/t16?,17?,20-/m0/s1. The van der Waals surface area contributed by atoms with Gasteiger partial charge in [0.2, 0.25) is 5.82 Å². The van der Waals surface area contributed by atoms with E-state index in [1.54, 1.807) is 17.0 Å². The van der Waals surface area contributed by atoms with Gasteiger partial charge in [-0.25, -0.2) is 9.78 Å². The van der Waals surface area contributed by atoms with Crippen molar-refractivity contribution in [2.75, 3.05) is 31.6 Å². The van der Waals surface area contributed by atoms with Crippen molar-refractivity contribution in [3.63, 3.8) is 0 Å². The zero-order chi connectivity index (χ0) is 25.4. The minimum absolute atomic E-state index is 0.0496. The van der Waals surface area contributed by atoms with Crippen LogP contribution in [0.25, 0.3) is 0 Å². The fourth-order valence-electron chi connectivity index (χ4n) is 4.62. The molecule has 9 nitrogen and oxygen atoms in total. The van der Waals surface area contributed by atoms with Gasteiger partial charge in [0.25, 0.3) is 5.88 Å². The lowest BCUT2D eigenvalue weighted by Crippen LogP contribution is -2.35. The van der Waals surface area contributed by atoms with Crippen LogP contribution in [0.4, 0.5) is 20.7 Å². The Bertz CT molecular complexity index is 1180. The molecule has 3 heterocycles. The van der Waals surface area contributed by atoms with Gasteiger partial charge in [0.1, 0.15) is 18.0 Å². The van der Waals surface area contributed by atoms with Gasteiger partial charge in [-0.2, -0.15) is 9.37 Å². The second-order valence-electron chi connectivity index (χ2n) is 9.88. The first-order chi connectivity index (χ1) is 17.2. The number of likely N-dealkylation sites (tertiary alicyclic amines) is 1. The number of fused-ring (bicyclic) bond motifs is 1. The van der Waals surface area contributed by atoms with Crippen LogP contribution in [0.2, 0.25) is 5.02 Å².